The monoisotopic (exact) mass is 631 g/mol. The summed E-state index contributed by atoms with van der Waals surface area (Å²) in [6, 6.07) is 13.2. The van der Waals surface area contributed by atoms with Gasteiger partial charge in [0, 0.05) is 14.3 Å². The van der Waals surface area contributed by atoms with Gasteiger partial charge in [0.05, 0.1) is 7.11 Å². The highest BCUT2D eigenvalue weighted by molar-refractivity contribution is 14.1. The number of halogens is 2. The van der Waals surface area contributed by atoms with Gasteiger partial charge in [0.25, 0.3) is 0 Å². The zero-order valence-corrected chi connectivity index (χ0v) is 25.2. The Morgan fingerprint density at radius 1 is 1.03 bits per heavy atom. The molecule has 2 heterocycles. The minimum absolute atomic E-state index is 0.293. The summed E-state index contributed by atoms with van der Waals surface area (Å²) < 4.78 is 22.5. The molecule has 2 aliphatic rings. The van der Waals surface area contributed by atoms with Gasteiger partial charge in [-0.1, -0.05) is 44.7 Å². The van der Waals surface area contributed by atoms with Crippen LogP contribution in [0.4, 0.5) is 4.39 Å². The van der Waals surface area contributed by atoms with Gasteiger partial charge in [-0.3, -0.25) is 0 Å². The van der Waals surface area contributed by atoms with Crippen LogP contribution in [0.15, 0.2) is 41.8 Å². The highest BCUT2D eigenvalue weighted by atomic mass is 127. The Hall–Kier alpha value is -1.44. The molecule has 5 heteroatoms. The summed E-state index contributed by atoms with van der Waals surface area (Å²) in [5, 5.41) is 3.84. The van der Waals surface area contributed by atoms with Gasteiger partial charge in [0.15, 0.2) is 11.6 Å². The summed E-state index contributed by atoms with van der Waals surface area (Å²) >= 11 is 4.39. The summed E-state index contributed by atoms with van der Waals surface area (Å²) in [6.45, 7) is 4.73. The largest absolute Gasteiger partial charge is 0.494 e. The van der Waals surface area contributed by atoms with E-state index in [-0.39, 0.29) is 5.82 Å². The van der Waals surface area contributed by atoms with Crippen LogP contribution in [-0.4, -0.2) is 31.1 Å². The molecule has 1 aliphatic carbocycles. The average Bonchev–Trinajstić information content (AvgIpc) is 3.31. The zero-order valence-electron chi connectivity index (χ0n) is 22.2. The second kappa shape index (κ2) is 12.6. The Morgan fingerprint density at radius 3 is 2.49 bits per heavy atom. The van der Waals surface area contributed by atoms with E-state index in [1.165, 1.54) is 96.4 Å². The third-order valence-corrected chi connectivity index (χ3v) is 10.7. The van der Waals surface area contributed by atoms with Crippen molar-refractivity contribution in [1.29, 1.82) is 0 Å². The molecule has 0 unspecified atom stereocenters. The first-order chi connectivity index (χ1) is 18.1. The van der Waals surface area contributed by atoms with Gasteiger partial charge in [-0.25, -0.2) is 4.39 Å². The number of likely N-dealkylation sites (tertiary alicyclic amines) is 1. The lowest BCUT2D eigenvalue weighted by molar-refractivity contribution is 0.0978. The van der Waals surface area contributed by atoms with Crippen LogP contribution < -0.4 is 4.74 Å². The Morgan fingerprint density at radius 2 is 1.81 bits per heavy atom. The molecule has 37 heavy (non-hydrogen) atoms. The lowest BCUT2D eigenvalue weighted by atomic mass is 9.85. The maximum atomic E-state index is 14.7. The second-order valence-corrected chi connectivity index (χ2v) is 12.7. The van der Waals surface area contributed by atoms with Crippen LogP contribution in [0, 0.1) is 5.82 Å². The molecule has 0 radical (unpaired) electrons. The maximum absolute atomic E-state index is 14.7. The number of benzene rings is 2. The molecule has 0 atom stereocenters. The molecule has 1 saturated carbocycles. The van der Waals surface area contributed by atoms with Crippen LogP contribution in [0.25, 0.3) is 19.2 Å². The molecule has 1 aliphatic heterocycles. The molecule has 2 aromatic carbocycles. The molecule has 0 amide bonds. The van der Waals surface area contributed by atoms with Crippen molar-refractivity contribution in [2.45, 2.75) is 83.1 Å². The molecule has 2 fully saturated rings. The quantitative estimate of drug-likeness (QED) is 0.125. The number of ether oxygens (including phenoxy) is 1. The van der Waals surface area contributed by atoms with E-state index in [1.54, 1.807) is 17.7 Å². The third kappa shape index (κ3) is 6.09. The number of allylic oxidation sites excluding steroid dienone is 1. The number of piperidine rings is 1. The second-order valence-electron chi connectivity index (χ2n) is 10.7. The highest BCUT2D eigenvalue weighted by Gasteiger charge is 2.30. The lowest BCUT2D eigenvalue weighted by Crippen LogP contribution is -2.44. The molecular weight excluding hydrogens is 592 g/mol. The van der Waals surface area contributed by atoms with Crippen molar-refractivity contribution in [3.05, 3.63) is 64.3 Å². The van der Waals surface area contributed by atoms with Crippen molar-refractivity contribution in [1.82, 2.24) is 4.90 Å². The minimum Gasteiger partial charge on any atom is -0.494 e. The fourth-order valence-electron chi connectivity index (χ4n) is 5.97. The van der Waals surface area contributed by atoms with Crippen molar-refractivity contribution < 1.29 is 9.13 Å². The van der Waals surface area contributed by atoms with E-state index in [1.807, 2.05) is 17.4 Å². The van der Waals surface area contributed by atoms with Gasteiger partial charge in [0.2, 0.25) is 0 Å². The van der Waals surface area contributed by atoms with E-state index >= 15 is 0 Å². The van der Waals surface area contributed by atoms with E-state index in [0.717, 1.165) is 24.4 Å². The Labute approximate surface area is 239 Å². The smallest absolute Gasteiger partial charge is 0.165 e. The van der Waals surface area contributed by atoms with E-state index in [4.69, 9.17) is 4.74 Å². The summed E-state index contributed by atoms with van der Waals surface area (Å²) in [4.78, 5) is 2.74. The first-order valence-electron chi connectivity index (χ1n) is 14.1. The summed E-state index contributed by atoms with van der Waals surface area (Å²) in [6.07, 6.45) is 12.5. The molecule has 1 aromatic heterocycles. The van der Waals surface area contributed by atoms with Crippen molar-refractivity contribution >= 4 is 53.2 Å². The number of hydrogen-bond donors (Lipinski definition) is 0. The molecule has 1 saturated heterocycles. The molecule has 198 valence electrons. The van der Waals surface area contributed by atoms with Crippen molar-refractivity contribution in [3.8, 4) is 5.75 Å². The third-order valence-electron chi connectivity index (χ3n) is 8.46. The zero-order chi connectivity index (χ0) is 25.8. The predicted octanol–water partition coefficient (Wildman–Crippen LogP) is 10.1. The normalized spacial score (nSPS) is 18.2. The van der Waals surface area contributed by atoms with Crippen molar-refractivity contribution in [3.63, 3.8) is 0 Å². The SMILES string of the molecule is CCCCCCC(=C(I)c1ccc2scc(C3CCN(C4CCC4)CC3)c2c1)c1ccc(OC)c(F)c1. The summed E-state index contributed by atoms with van der Waals surface area (Å²) in [7, 11) is 1.52. The molecule has 2 nitrogen and oxygen atoms in total. The average molecular weight is 632 g/mol. The van der Waals surface area contributed by atoms with E-state index in [0.29, 0.717) is 11.7 Å². The van der Waals surface area contributed by atoms with Crippen LogP contribution in [0.3, 0.4) is 0 Å². The van der Waals surface area contributed by atoms with E-state index in [2.05, 4.69) is 58.0 Å². The maximum Gasteiger partial charge on any atom is 0.165 e. The number of thiophene rings is 1. The standard InChI is InChI=1S/C32H39FINOS/c1-3-4-5-6-10-26(23-11-13-30(36-2)29(33)20-23)32(34)24-12-14-31-27(19-24)28(21-37-31)22-15-17-35(18-16-22)25-8-7-9-25/h11-14,19-22,25H,3-10,15-18H2,1-2H3. The number of fused-ring (bicyclic) bond motifs is 1. The number of methoxy groups -OCH3 is 1. The summed E-state index contributed by atoms with van der Waals surface area (Å²) in [5.74, 6) is 0.669. The van der Waals surface area contributed by atoms with Gasteiger partial charge < -0.3 is 9.64 Å². The first-order valence-corrected chi connectivity index (χ1v) is 16.0. The minimum atomic E-state index is -0.293. The van der Waals surface area contributed by atoms with Gasteiger partial charge in [-0.2, -0.15) is 0 Å². The van der Waals surface area contributed by atoms with Crippen LogP contribution in [0.5, 0.6) is 5.75 Å². The number of unbranched alkanes of at least 4 members (excludes halogenated alkanes) is 3. The Bertz CT molecular complexity index is 1240. The van der Waals surface area contributed by atoms with Crippen LogP contribution in [0.2, 0.25) is 0 Å². The van der Waals surface area contributed by atoms with Gasteiger partial charge in [0.1, 0.15) is 0 Å². The molecule has 5 rings (SSSR count). The fourth-order valence-corrected chi connectivity index (χ4v) is 7.91. The number of rotatable bonds is 10. The van der Waals surface area contributed by atoms with Crippen LogP contribution >= 0.6 is 33.9 Å². The van der Waals surface area contributed by atoms with Gasteiger partial charge in [-0.15, -0.1) is 11.3 Å². The number of hydrogen-bond acceptors (Lipinski definition) is 3. The fraction of sp³-hybridized carbons (Fsp3) is 0.500. The van der Waals surface area contributed by atoms with Crippen molar-refractivity contribution in [2.24, 2.45) is 0 Å². The van der Waals surface area contributed by atoms with Gasteiger partial charge in [-0.05, 0) is 137 Å². The number of nitrogens with zero attached hydrogens (tertiary/aromatic N) is 1. The predicted molar refractivity (Wildman–Crippen MR) is 166 cm³/mol. The van der Waals surface area contributed by atoms with Gasteiger partial charge >= 0.3 is 0 Å². The van der Waals surface area contributed by atoms with Crippen LogP contribution in [0.1, 0.15) is 93.7 Å². The molecule has 0 N–H and O–H groups in total. The Kier molecular flexibility index (Phi) is 9.25. The van der Waals surface area contributed by atoms with Crippen LogP contribution in [-0.2, 0) is 0 Å². The van der Waals surface area contributed by atoms with Crippen molar-refractivity contribution in [2.75, 3.05) is 20.2 Å². The molecule has 0 bridgehead atoms. The molecule has 3 aromatic rings. The van der Waals surface area contributed by atoms with E-state index < -0.39 is 0 Å². The first kappa shape index (κ1) is 27.1. The summed E-state index contributed by atoms with van der Waals surface area (Å²) in [5.41, 5.74) is 5.00. The highest BCUT2D eigenvalue weighted by Crippen LogP contribution is 2.42. The lowest BCUT2D eigenvalue weighted by Gasteiger charge is -2.41. The molecule has 0 spiro atoms. The molecular formula is C32H39FINOS. The Balaban J connectivity index is 1.44. The van der Waals surface area contributed by atoms with E-state index in [9.17, 15) is 4.39 Å². The topological polar surface area (TPSA) is 12.5 Å².